The molecule has 0 aromatic rings. The molecule has 0 radical (unpaired) electrons. The van der Waals surface area contributed by atoms with Crippen molar-refractivity contribution in [3.8, 4) is 0 Å². The van der Waals surface area contributed by atoms with Crippen molar-refractivity contribution in [3.05, 3.63) is 0 Å². The molecule has 0 bridgehead atoms. The van der Waals surface area contributed by atoms with Crippen molar-refractivity contribution in [2.45, 2.75) is 118 Å². The van der Waals surface area contributed by atoms with Gasteiger partial charge in [0.15, 0.2) is 0 Å². The molecule has 0 aromatic heterocycles. The minimum Gasteiger partial charge on any atom is -0.550 e. The molecule has 0 heterocycles. The molecule has 0 N–H and O–H groups in total. The number of hydrogen-bond acceptors (Lipinski definition) is 2. The summed E-state index contributed by atoms with van der Waals surface area (Å²) in [6.07, 6.45) is 18.8. The number of rotatable bonds is 17. The summed E-state index contributed by atoms with van der Waals surface area (Å²) in [7, 11) is 4.85. The van der Waals surface area contributed by atoms with Crippen LogP contribution in [0.3, 0.4) is 0 Å². The molecule has 0 aliphatic rings. The van der Waals surface area contributed by atoms with Gasteiger partial charge in [0.2, 0.25) is 0 Å². The quantitative estimate of drug-likeness (QED) is 0.229. The fraction of sp³-hybridized carbons (Fsp3) is 0.958. The average molecular weight is 386 g/mol. The number of aliphatic carboxylic acids is 1. The zero-order valence-corrected chi connectivity index (χ0v) is 19.7. The number of nitrogens with zero attached hydrogens (tertiary/aromatic N) is 1. The number of quaternary nitrogens is 1. The Balaban J connectivity index is 0. The second-order valence-corrected chi connectivity index (χ2v) is 9.18. The highest BCUT2D eigenvalue weighted by atomic mass is 16.4. The molecule has 164 valence electrons. The summed E-state index contributed by atoms with van der Waals surface area (Å²) in [4.78, 5) is 9.26. The Labute approximate surface area is 171 Å². The first-order valence-electron chi connectivity index (χ1n) is 11.8. The molecule has 3 heteroatoms. The van der Waals surface area contributed by atoms with Crippen LogP contribution in [-0.4, -0.2) is 37.6 Å². The van der Waals surface area contributed by atoms with Crippen LogP contribution < -0.4 is 5.11 Å². The van der Waals surface area contributed by atoms with Crippen molar-refractivity contribution in [2.75, 3.05) is 27.2 Å². The third kappa shape index (κ3) is 27.7. The minimum atomic E-state index is -0.995. The van der Waals surface area contributed by atoms with Gasteiger partial charge in [0.25, 0.3) is 0 Å². The van der Waals surface area contributed by atoms with Gasteiger partial charge in [-0.1, -0.05) is 85.5 Å². The van der Waals surface area contributed by atoms with E-state index in [1.165, 1.54) is 108 Å². The molecule has 0 spiro atoms. The highest BCUT2D eigenvalue weighted by molar-refractivity contribution is 5.63. The zero-order valence-electron chi connectivity index (χ0n) is 19.7. The SMILES string of the molecule is CCC(=O)[O-].CCCCCCCCCC[N+](C)(C)CCCCCCC(C)C. The van der Waals surface area contributed by atoms with Gasteiger partial charge in [-0.2, -0.15) is 0 Å². The Morgan fingerprint density at radius 2 is 1.11 bits per heavy atom. The summed E-state index contributed by atoms with van der Waals surface area (Å²) < 4.78 is 1.24. The number of unbranched alkanes of at least 4 members (excludes halogenated alkanes) is 10. The van der Waals surface area contributed by atoms with Gasteiger partial charge in [0, 0.05) is 5.97 Å². The molecule has 0 aliphatic carbocycles. The van der Waals surface area contributed by atoms with Gasteiger partial charge in [-0.25, -0.2) is 0 Å². The Hall–Kier alpha value is -0.570. The van der Waals surface area contributed by atoms with Crippen LogP contribution >= 0.6 is 0 Å². The van der Waals surface area contributed by atoms with E-state index in [4.69, 9.17) is 0 Å². The molecule has 0 rings (SSSR count). The van der Waals surface area contributed by atoms with E-state index in [-0.39, 0.29) is 6.42 Å². The number of carboxylic acids is 1. The van der Waals surface area contributed by atoms with Crippen molar-refractivity contribution >= 4 is 5.97 Å². The van der Waals surface area contributed by atoms with E-state index in [2.05, 4.69) is 34.9 Å². The van der Waals surface area contributed by atoms with Crippen LogP contribution in [-0.2, 0) is 4.79 Å². The van der Waals surface area contributed by atoms with E-state index < -0.39 is 5.97 Å². The van der Waals surface area contributed by atoms with Crippen molar-refractivity contribution < 1.29 is 14.4 Å². The van der Waals surface area contributed by atoms with E-state index in [0.717, 1.165) is 5.92 Å². The molecule has 0 aliphatic heterocycles. The summed E-state index contributed by atoms with van der Waals surface area (Å²) in [5.41, 5.74) is 0. The van der Waals surface area contributed by atoms with Crippen molar-refractivity contribution in [3.63, 3.8) is 0 Å². The van der Waals surface area contributed by atoms with Crippen LogP contribution in [0.1, 0.15) is 118 Å². The predicted octanol–water partition coefficient (Wildman–Crippen LogP) is 5.96. The Morgan fingerprint density at radius 3 is 1.48 bits per heavy atom. The maximum absolute atomic E-state index is 9.26. The fourth-order valence-electron chi connectivity index (χ4n) is 3.23. The molecular weight excluding hydrogens is 334 g/mol. The van der Waals surface area contributed by atoms with E-state index in [0.29, 0.717) is 0 Å². The molecular formula is C24H51NO2. The summed E-state index contributed by atoms with van der Waals surface area (Å²) >= 11 is 0. The predicted molar refractivity (Wildman–Crippen MR) is 118 cm³/mol. The summed E-state index contributed by atoms with van der Waals surface area (Å²) in [6, 6.07) is 0. The number of carbonyl (C=O) groups excluding carboxylic acids is 1. The van der Waals surface area contributed by atoms with Gasteiger partial charge in [0.1, 0.15) is 0 Å². The molecule has 0 atom stereocenters. The lowest BCUT2D eigenvalue weighted by atomic mass is 10.0. The van der Waals surface area contributed by atoms with Gasteiger partial charge in [-0.3, -0.25) is 0 Å². The molecule has 27 heavy (non-hydrogen) atoms. The number of carbonyl (C=O) groups is 1. The van der Waals surface area contributed by atoms with Crippen LogP contribution in [0.25, 0.3) is 0 Å². The van der Waals surface area contributed by atoms with E-state index in [1.807, 2.05) is 0 Å². The monoisotopic (exact) mass is 385 g/mol. The molecule has 0 unspecified atom stereocenters. The van der Waals surface area contributed by atoms with Crippen LogP contribution in [0.15, 0.2) is 0 Å². The van der Waals surface area contributed by atoms with Crippen LogP contribution in [0, 0.1) is 5.92 Å². The Morgan fingerprint density at radius 1 is 0.741 bits per heavy atom. The molecule has 0 fully saturated rings. The molecule has 0 saturated carbocycles. The largest absolute Gasteiger partial charge is 0.550 e. The maximum atomic E-state index is 9.26. The normalized spacial score (nSPS) is 11.4. The summed E-state index contributed by atoms with van der Waals surface area (Å²) in [5, 5.41) is 9.26. The lowest BCUT2D eigenvalue weighted by Crippen LogP contribution is -2.41. The van der Waals surface area contributed by atoms with Crippen molar-refractivity contribution in [1.82, 2.24) is 0 Å². The number of carboxylic acid groups (broad SMARTS) is 1. The molecule has 3 nitrogen and oxygen atoms in total. The van der Waals surface area contributed by atoms with Gasteiger partial charge < -0.3 is 14.4 Å². The smallest absolute Gasteiger partial charge is 0.0782 e. The fourth-order valence-corrected chi connectivity index (χ4v) is 3.23. The number of hydrogen-bond donors (Lipinski definition) is 0. The highest BCUT2D eigenvalue weighted by Gasteiger charge is 2.13. The molecule has 0 aromatic carbocycles. The van der Waals surface area contributed by atoms with Gasteiger partial charge in [-0.15, -0.1) is 0 Å². The third-order valence-electron chi connectivity index (χ3n) is 5.20. The second kappa shape index (κ2) is 20.2. The lowest BCUT2D eigenvalue weighted by Gasteiger charge is -2.30. The van der Waals surface area contributed by atoms with Gasteiger partial charge in [0.05, 0.1) is 27.2 Å². The van der Waals surface area contributed by atoms with Gasteiger partial charge >= 0.3 is 0 Å². The van der Waals surface area contributed by atoms with Crippen LogP contribution in [0.5, 0.6) is 0 Å². The zero-order chi connectivity index (χ0) is 21.0. The lowest BCUT2D eigenvalue weighted by molar-refractivity contribution is -0.890. The summed E-state index contributed by atoms with van der Waals surface area (Å²) in [5.74, 6) is -0.112. The minimum absolute atomic E-state index is 0.111. The van der Waals surface area contributed by atoms with E-state index >= 15 is 0 Å². The van der Waals surface area contributed by atoms with Crippen molar-refractivity contribution in [1.29, 1.82) is 0 Å². The first-order chi connectivity index (χ1) is 12.7. The third-order valence-corrected chi connectivity index (χ3v) is 5.20. The van der Waals surface area contributed by atoms with Crippen LogP contribution in [0.4, 0.5) is 0 Å². The second-order valence-electron chi connectivity index (χ2n) is 9.18. The maximum Gasteiger partial charge on any atom is 0.0782 e. The highest BCUT2D eigenvalue weighted by Crippen LogP contribution is 2.13. The van der Waals surface area contributed by atoms with Crippen molar-refractivity contribution in [2.24, 2.45) is 5.92 Å². The van der Waals surface area contributed by atoms with E-state index in [9.17, 15) is 9.90 Å². The standard InChI is InChI=1S/C21H46N.C3H6O2/c1-6-7-8-9-10-11-13-16-19-22(4,5)20-17-14-12-15-18-21(2)3;1-2-3(4)5/h21H,6-20H2,1-5H3;2H2,1H3,(H,4,5)/q+1;/p-1. The Bertz CT molecular complexity index is 314. The van der Waals surface area contributed by atoms with Crippen LogP contribution in [0.2, 0.25) is 0 Å². The average Bonchev–Trinajstić information content (AvgIpc) is 2.60. The van der Waals surface area contributed by atoms with Gasteiger partial charge in [-0.05, 0) is 38.0 Å². The van der Waals surface area contributed by atoms with E-state index in [1.54, 1.807) is 0 Å². The topological polar surface area (TPSA) is 40.1 Å². The molecule has 0 saturated heterocycles. The first-order valence-corrected chi connectivity index (χ1v) is 11.8. The Kier molecular flexibility index (Phi) is 21.4. The molecule has 0 amide bonds. The first kappa shape index (κ1) is 28.6. The summed E-state index contributed by atoms with van der Waals surface area (Å²) in [6.45, 7) is 11.3.